The maximum absolute atomic E-state index is 10.8. The van der Waals surface area contributed by atoms with Crippen molar-refractivity contribution in [1.29, 1.82) is 0 Å². The molecule has 4 nitrogen and oxygen atoms in total. The van der Waals surface area contributed by atoms with E-state index in [1.807, 2.05) is 0 Å². The molecule has 0 saturated carbocycles. The van der Waals surface area contributed by atoms with E-state index in [1.165, 1.54) is 13.1 Å². The quantitative estimate of drug-likeness (QED) is 0.517. The van der Waals surface area contributed by atoms with Crippen molar-refractivity contribution in [2.75, 3.05) is 6.54 Å². The summed E-state index contributed by atoms with van der Waals surface area (Å²) in [4.78, 5) is 22.4. The molecule has 54 valence electrons. The molecule has 0 aromatic heterocycles. The molecule has 0 fully saturated rings. The average Bonchev–Trinajstić information content (AvgIpc) is 1.88. The number of rotatable bonds is 0. The first kappa shape index (κ1) is 6.80. The zero-order valence-electron chi connectivity index (χ0n) is 5.63. The van der Waals surface area contributed by atoms with E-state index in [9.17, 15) is 9.59 Å². The van der Waals surface area contributed by atoms with Gasteiger partial charge in [-0.15, -0.1) is 0 Å². The van der Waals surface area contributed by atoms with E-state index in [-0.39, 0.29) is 11.9 Å². The molecule has 4 heteroatoms. The SMILES string of the molecule is CC(=O)N1C=CCNC1=O. The maximum Gasteiger partial charge on any atom is 0.328 e. The molecule has 1 rings (SSSR count). The molecule has 0 saturated heterocycles. The fourth-order valence-corrected chi connectivity index (χ4v) is 0.705. The summed E-state index contributed by atoms with van der Waals surface area (Å²) >= 11 is 0. The number of imide groups is 1. The fraction of sp³-hybridized carbons (Fsp3) is 0.333. The Kier molecular flexibility index (Phi) is 1.71. The van der Waals surface area contributed by atoms with Crippen LogP contribution in [0.1, 0.15) is 6.92 Å². The molecule has 0 aromatic carbocycles. The van der Waals surface area contributed by atoms with Crippen molar-refractivity contribution in [3.8, 4) is 0 Å². The molecular weight excluding hydrogens is 132 g/mol. The summed E-state index contributed by atoms with van der Waals surface area (Å²) in [5.41, 5.74) is 0. The minimum Gasteiger partial charge on any atom is -0.334 e. The normalized spacial score (nSPS) is 16.9. The number of amides is 3. The second-order valence-corrected chi connectivity index (χ2v) is 1.96. The van der Waals surface area contributed by atoms with Crippen LogP contribution in [0.3, 0.4) is 0 Å². The number of hydrogen-bond acceptors (Lipinski definition) is 2. The second kappa shape index (κ2) is 2.51. The molecule has 10 heavy (non-hydrogen) atoms. The summed E-state index contributed by atoms with van der Waals surface area (Å²) in [5.74, 6) is -0.270. The van der Waals surface area contributed by atoms with Crippen molar-refractivity contribution in [2.45, 2.75) is 6.92 Å². The number of hydrogen-bond donors (Lipinski definition) is 1. The van der Waals surface area contributed by atoms with Crippen molar-refractivity contribution in [3.05, 3.63) is 12.3 Å². The molecule has 0 radical (unpaired) electrons. The van der Waals surface area contributed by atoms with Crippen LogP contribution < -0.4 is 5.32 Å². The fourth-order valence-electron chi connectivity index (χ4n) is 0.705. The first-order valence-electron chi connectivity index (χ1n) is 2.96. The Labute approximate surface area is 58.5 Å². The first-order valence-corrected chi connectivity index (χ1v) is 2.96. The highest BCUT2D eigenvalue weighted by Gasteiger charge is 2.16. The Morgan fingerprint density at radius 1 is 1.80 bits per heavy atom. The van der Waals surface area contributed by atoms with E-state index in [0.29, 0.717) is 6.54 Å². The highest BCUT2D eigenvalue weighted by molar-refractivity contribution is 5.95. The van der Waals surface area contributed by atoms with Gasteiger partial charge in [-0.3, -0.25) is 4.79 Å². The van der Waals surface area contributed by atoms with Crippen LogP contribution >= 0.6 is 0 Å². The molecule has 0 spiro atoms. The zero-order valence-corrected chi connectivity index (χ0v) is 5.63. The predicted octanol–water partition coefficient (Wildman–Crippen LogP) is 0.0718. The van der Waals surface area contributed by atoms with Crippen LogP contribution in [0, 0.1) is 0 Å². The zero-order chi connectivity index (χ0) is 7.56. The third-order valence-electron chi connectivity index (χ3n) is 1.18. The van der Waals surface area contributed by atoms with Gasteiger partial charge in [0.15, 0.2) is 0 Å². The standard InChI is InChI=1S/C6H8N2O2/c1-5(9)8-4-2-3-7-6(8)10/h2,4H,3H2,1H3,(H,7,10). The molecule has 1 aliphatic heterocycles. The second-order valence-electron chi connectivity index (χ2n) is 1.96. The van der Waals surface area contributed by atoms with E-state index in [0.717, 1.165) is 4.90 Å². The lowest BCUT2D eigenvalue weighted by Gasteiger charge is -2.17. The summed E-state index contributed by atoms with van der Waals surface area (Å²) in [7, 11) is 0. The molecular formula is C6H8N2O2. The van der Waals surface area contributed by atoms with Gasteiger partial charge in [-0.05, 0) is 6.08 Å². The number of nitrogens with one attached hydrogen (secondary N) is 1. The lowest BCUT2D eigenvalue weighted by Crippen LogP contribution is -2.42. The Balaban J connectivity index is 2.73. The molecule has 1 aliphatic rings. The Morgan fingerprint density at radius 2 is 2.50 bits per heavy atom. The summed E-state index contributed by atoms with van der Waals surface area (Å²) in [5, 5.41) is 2.49. The summed E-state index contributed by atoms with van der Waals surface area (Å²) < 4.78 is 0. The summed E-state index contributed by atoms with van der Waals surface area (Å²) in [6.45, 7) is 1.85. The number of urea groups is 1. The maximum atomic E-state index is 10.8. The third-order valence-corrected chi connectivity index (χ3v) is 1.18. The van der Waals surface area contributed by atoms with Crippen LogP contribution in [-0.2, 0) is 4.79 Å². The number of carbonyl (C=O) groups excluding carboxylic acids is 2. The van der Waals surface area contributed by atoms with E-state index in [2.05, 4.69) is 5.32 Å². The Bertz CT molecular complexity index is 198. The van der Waals surface area contributed by atoms with Crippen molar-refractivity contribution in [1.82, 2.24) is 10.2 Å². The van der Waals surface area contributed by atoms with Crippen molar-refractivity contribution < 1.29 is 9.59 Å². The smallest absolute Gasteiger partial charge is 0.328 e. The molecule has 1 N–H and O–H groups in total. The van der Waals surface area contributed by atoms with E-state index in [1.54, 1.807) is 6.08 Å². The van der Waals surface area contributed by atoms with Crippen molar-refractivity contribution in [2.24, 2.45) is 0 Å². The molecule has 0 aliphatic carbocycles. The lowest BCUT2D eigenvalue weighted by atomic mass is 10.4. The van der Waals surface area contributed by atoms with E-state index < -0.39 is 0 Å². The molecule has 3 amide bonds. The first-order chi connectivity index (χ1) is 4.72. The van der Waals surface area contributed by atoms with Gasteiger partial charge < -0.3 is 5.32 Å². The Morgan fingerprint density at radius 3 is 2.90 bits per heavy atom. The van der Waals surface area contributed by atoms with Gasteiger partial charge in [-0.25, -0.2) is 9.69 Å². The molecule has 1 heterocycles. The molecule has 0 unspecified atom stereocenters. The summed E-state index contributed by atoms with van der Waals surface area (Å²) in [6, 6.07) is -0.352. The summed E-state index contributed by atoms with van der Waals surface area (Å²) in [6.07, 6.45) is 3.18. The van der Waals surface area contributed by atoms with Crippen LogP contribution in [0.25, 0.3) is 0 Å². The van der Waals surface area contributed by atoms with Gasteiger partial charge in [0, 0.05) is 19.7 Å². The largest absolute Gasteiger partial charge is 0.334 e. The van der Waals surface area contributed by atoms with Gasteiger partial charge >= 0.3 is 6.03 Å². The Hall–Kier alpha value is -1.32. The van der Waals surface area contributed by atoms with Crippen LogP contribution in [0.15, 0.2) is 12.3 Å². The topological polar surface area (TPSA) is 49.4 Å². The van der Waals surface area contributed by atoms with Crippen LogP contribution in [0.4, 0.5) is 4.79 Å². The molecule has 0 atom stereocenters. The van der Waals surface area contributed by atoms with Gasteiger partial charge in [-0.2, -0.15) is 0 Å². The van der Waals surface area contributed by atoms with Gasteiger partial charge in [0.1, 0.15) is 0 Å². The minimum absolute atomic E-state index is 0.270. The van der Waals surface area contributed by atoms with Gasteiger partial charge in [0.05, 0.1) is 0 Å². The monoisotopic (exact) mass is 140 g/mol. The van der Waals surface area contributed by atoms with Gasteiger partial charge in [-0.1, -0.05) is 0 Å². The number of carbonyl (C=O) groups is 2. The highest BCUT2D eigenvalue weighted by atomic mass is 16.2. The predicted molar refractivity (Wildman–Crippen MR) is 35.1 cm³/mol. The highest BCUT2D eigenvalue weighted by Crippen LogP contribution is 1.96. The van der Waals surface area contributed by atoms with E-state index >= 15 is 0 Å². The number of nitrogens with zero attached hydrogens (tertiary/aromatic N) is 1. The van der Waals surface area contributed by atoms with E-state index in [4.69, 9.17) is 0 Å². The van der Waals surface area contributed by atoms with Crippen LogP contribution in [0.2, 0.25) is 0 Å². The van der Waals surface area contributed by atoms with Crippen LogP contribution in [0.5, 0.6) is 0 Å². The lowest BCUT2D eigenvalue weighted by molar-refractivity contribution is -0.124. The average molecular weight is 140 g/mol. The third kappa shape index (κ3) is 1.15. The van der Waals surface area contributed by atoms with Crippen LogP contribution in [-0.4, -0.2) is 23.4 Å². The molecule has 0 aromatic rings. The molecule has 0 bridgehead atoms. The van der Waals surface area contributed by atoms with Crippen molar-refractivity contribution in [3.63, 3.8) is 0 Å². The van der Waals surface area contributed by atoms with Gasteiger partial charge in [0.2, 0.25) is 5.91 Å². The van der Waals surface area contributed by atoms with Gasteiger partial charge in [0.25, 0.3) is 0 Å². The van der Waals surface area contributed by atoms with Crippen molar-refractivity contribution >= 4 is 11.9 Å². The minimum atomic E-state index is -0.352.